The molecule has 2 aliphatic rings. The van der Waals surface area contributed by atoms with Crippen molar-refractivity contribution in [3.05, 3.63) is 63.6 Å². The number of benzene rings is 1. The van der Waals surface area contributed by atoms with Gasteiger partial charge in [-0.2, -0.15) is 0 Å². The van der Waals surface area contributed by atoms with E-state index in [1.54, 1.807) is 43.1 Å². The Hall–Kier alpha value is -2.64. The van der Waals surface area contributed by atoms with Crippen molar-refractivity contribution in [3.63, 3.8) is 0 Å². The molecule has 2 heterocycles. The number of hydrogen-bond acceptors (Lipinski definition) is 5. The second-order valence-electron chi connectivity index (χ2n) is 9.42. The SMILES string of the molecule is COCCCc1cc(O)cc(CN(C(=O)C2CNCCC2c2ccn(C)c(=O)c2)C2CC2)c1. The molecule has 1 aliphatic carbocycles. The van der Waals surface area contributed by atoms with E-state index >= 15 is 0 Å². The molecule has 1 aromatic heterocycles. The molecular weight excluding hydrogens is 418 g/mol. The van der Waals surface area contributed by atoms with Crippen molar-refractivity contribution in [1.29, 1.82) is 0 Å². The molecule has 1 aromatic carbocycles. The average Bonchev–Trinajstić information content (AvgIpc) is 3.64. The van der Waals surface area contributed by atoms with E-state index < -0.39 is 0 Å². The first kappa shape index (κ1) is 23.5. The number of aromatic hydroxyl groups is 1. The highest BCUT2D eigenvalue weighted by molar-refractivity contribution is 5.81. The fourth-order valence-electron chi connectivity index (χ4n) is 4.89. The van der Waals surface area contributed by atoms with Crippen molar-refractivity contribution >= 4 is 5.91 Å². The molecular formula is C26H35N3O4. The van der Waals surface area contributed by atoms with Gasteiger partial charge < -0.3 is 24.6 Å². The summed E-state index contributed by atoms with van der Waals surface area (Å²) in [7, 11) is 3.43. The summed E-state index contributed by atoms with van der Waals surface area (Å²) < 4.78 is 6.70. The smallest absolute Gasteiger partial charge is 0.250 e. The summed E-state index contributed by atoms with van der Waals surface area (Å²) in [6.45, 7) is 2.63. The zero-order valence-electron chi connectivity index (χ0n) is 19.6. The maximum Gasteiger partial charge on any atom is 0.250 e. The molecule has 1 aliphatic heterocycles. The number of rotatable bonds is 9. The molecule has 0 spiro atoms. The Kier molecular flexibility index (Phi) is 7.50. The Morgan fingerprint density at radius 2 is 2.00 bits per heavy atom. The summed E-state index contributed by atoms with van der Waals surface area (Å²) in [6.07, 6.45) is 6.36. The number of piperidine rings is 1. The van der Waals surface area contributed by atoms with Crippen LogP contribution in [0.2, 0.25) is 0 Å². The van der Waals surface area contributed by atoms with Crippen molar-refractivity contribution in [1.82, 2.24) is 14.8 Å². The molecule has 2 unspecified atom stereocenters. The van der Waals surface area contributed by atoms with Gasteiger partial charge in [-0.15, -0.1) is 0 Å². The number of aryl methyl sites for hydroxylation is 2. The van der Waals surface area contributed by atoms with E-state index in [0.717, 1.165) is 55.3 Å². The molecule has 33 heavy (non-hydrogen) atoms. The Morgan fingerprint density at radius 1 is 1.21 bits per heavy atom. The first-order chi connectivity index (χ1) is 16.0. The largest absolute Gasteiger partial charge is 0.508 e. The summed E-state index contributed by atoms with van der Waals surface area (Å²) in [4.78, 5) is 28.1. The first-order valence-electron chi connectivity index (χ1n) is 11.9. The lowest BCUT2D eigenvalue weighted by molar-refractivity contribution is -0.138. The maximum atomic E-state index is 13.8. The molecule has 2 aromatic rings. The lowest BCUT2D eigenvalue weighted by Gasteiger charge is -2.35. The Morgan fingerprint density at radius 3 is 2.73 bits per heavy atom. The van der Waals surface area contributed by atoms with E-state index in [-0.39, 0.29) is 35.1 Å². The van der Waals surface area contributed by atoms with Gasteiger partial charge >= 0.3 is 0 Å². The molecule has 0 bridgehead atoms. The van der Waals surface area contributed by atoms with Crippen LogP contribution in [0.25, 0.3) is 0 Å². The van der Waals surface area contributed by atoms with Gasteiger partial charge in [-0.3, -0.25) is 9.59 Å². The van der Waals surface area contributed by atoms with Gasteiger partial charge in [-0.1, -0.05) is 6.07 Å². The number of methoxy groups -OCH3 is 1. The number of carbonyl (C=O) groups is 1. The van der Waals surface area contributed by atoms with E-state index in [0.29, 0.717) is 19.7 Å². The zero-order chi connectivity index (χ0) is 23.4. The van der Waals surface area contributed by atoms with E-state index in [1.165, 1.54) is 0 Å². The molecule has 7 nitrogen and oxygen atoms in total. The Balaban J connectivity index is 1.54. The van der Waals surface area contributed by atoms with Gasteiger partial charge in [-0.25, -0.2) is 0 Å². The van der Waals surface area contributed by atoms with Crippen LogP contribution in [0.5, 0.6) is 5.75 Å². The highest BCUT2D eigenvalue weighted by Gasteiger charge is 2.40. The number of nitrogens with zero attached hydrogens (tertiary/aromatic N) is 2. The van der Waals surface area contributed by atoms with Crippen molar-refractivity contribution in [2.75, 3.05) is 26.8 Å². The summed E-state index contributed by atoms with van der Waals surface area (Å²) in [5.41, 5.74) is 2.92. The molecule has 0 radical (unpaired) electrons. The summed E-state index contributed by atoms with van der Waals surface area (Å²) >= 11 is 0. The first-order valence-corrected chi connectivity index (χ1v) is 11.9. The van der Waals surface area contributed by atoms with Crippen molar-refractivity contribution in [3.8, 4) is 5.75 Å². The standard InChI is InChI=1S/C26H35N3O4/c1-28-10-8-20(15-25(28)31)23-7-9-27-16-24(23)26(32)29(21-5-6-21)17-19-12-18(4-3-11-33-2)13-22(30)14-19/h8,10,12-15,21,23-24,27,30H,3-7,9,11,16-17H2,1-2H3. The van der Waals surface area contributed by atoms with Gasteiger partial charge in [0.2, 0.25) is 5.91 Å². The maximum absolute atomic E-state index is 13.8. The monoisotopic (exact) mass is 453 g/mol. The minimum atomic E-state index is -0.204. The number of ether oxygens (including phenoxy) is 1. The van der Waals surface area contributed by atoms with Crippen LogP contribution in [-0.4, -0.2) is 53.3 Å². The Bertz CT molecular complexity index is 1030. The van der Waals surface area contributed by atoms with E-state index in [9.17, 15) is 14.7 Å². The molecule has 1 saturated heterocycles. The van der Waals surface area contributed by atoms with Crippen molar-refractivity contribution in [2.24, 2.45) is 13.0 Å². The predicted molar refractivity (Wildman–Crippen MR) is 127 cm³/mol. The van der Waals surface area contributed by atoms with Crippen molar-refractivity contribution in [2.45, 2.75) is 50.6 Å². The highest BCUT2D eigenvalue weighted by atomic mass is 16.5. The number of aromatic nitrogens is 1. The second-order valence-corrected chi connectivity index (χ2v) is 9.42. The average molecular weight is 454 g/mol. The summed E-state index contributed by atoms with van der Waals surface area (Å²) in [5.74, 6) is 0.202. The van der Waals surface area contributed by atoms with Crippen molar-refractivity contribution < 1.29 is 14.6 Å². The molecule has 2 fully saturated rings. The fraction of sp³-hybridized carbons (Fsp3) is 0.538. The van der Waals surface area contributed by atoms with E-state index in [2.05, 4.69) is 11.4 Å². The summed E-state index contributed by atoms with van der Waals surface area (Å²) in [6, 6.07) is 9.55. The van der Waals surface area contributed by atoms with Crippen LogP contribution in [0.4, 0.5) is 0 Å². The quantitative estimate of drug-likeness (QED) is 0.570. The van der Waals surface area contributed by atoms with Crippen LogP contribution in [-0.2, 0) is 29.5 Å². The lowest BCUT2D eigenvalue weighted by Crippen LogP contribution is -2.47. The number of pyridine rings is 1. The molecule has 1 amide bonds. The molecule has 178 valence electrons. The number of phenols is 1. The van der Waals surface area contributed by atoms with Crippen LogP contribution in [0, 0.1) is 5.92 Å². The third-order valence-electron chi connectivity index (χ3n) is 6.83. The van der Waals surface area contributed by atoms with Gasteiger partial charge in [0, 0.05) is 52.2 Å². The summed E-state index contributed by atoms with van der Waals surface area (Å²) in [5, 5.41) is 13.7. The van der Waals surface area contributed by atoms with Gasteiger partial charge in [0.1, 0.15) is 5.75 Å². The number of hydrogen-bond donors (Lipinski definition) is 2. The van der Waals surface area contributed by atoms with Gasteiger partial charge in [0.25, 0.3) is 5.56 Å². The molecule has 4 rings (SSSR count). The molecule has 7 heteroatoms. The van der Waals surface area contributed by atoms with Gasteiger partial charge in [0.15, 0.2) is 0 Å². The van der Waals surface area contributed by atoms with Crippen LogP contribution in [0.3, 0.4) is 0 Å². The van der Waals surface area contributed by atoms with Gasteiger partial charge in [-0.05, 0) is 79.5 Å². The third kappa shape index (κ3) is 5.84. The third-order valence-corrected chi connectivity index (χ3v) is 6.83. The number of carbonyl (C=O) groups excluding carboxylic acids is 1. The zero-order valence-corrected chi connectivity index (χ0v) is 19.6. The molecule has 1 saturated carbocycles. The van der Waals surface area contributed by atoms with Gasteiger partial charge in [0.05, 0.1) is 5.92 Å². The van der Waals surface area contributed by atoms with Crippen LogP contribution >= 0.6 is 0 Å². The number of phenolic OH excluding ortho intramolecular Hbond substituents is 1. The van der Waals surface area contributed by atoms with Crippen LogP contribution < -0.4 is 10.9 Å². The molecule has 2 N–H and O–H groups in total. The minimum Gasteiger partial charge on any atom is -0.508 e. The van der Waals surface area contributed by atoms with E-state index in [1.807, 2.05) is 11.0 Å². The Labute approximate surface area is 195 Å². The minimum absolute atomic E-state index is 0.0303. The normalized spacial score (nSPS) is 20.5. The topological polar surface area (TPSA) is 83.8 Å². The predicted octanol–water partition coefficient (Wildman–Crippen LogP) is 2.55. The van der Waals surface area contributed by atoms with E-state index in [4.69, 9.17) is 4.74 Å². The van der Waals surface area contributed by atoms with Crippen LogP contribution in [0.1, 0.15) is 48.3 Å². The van der Waals surface area contributed by atoms with Crippen LogP contribution in [0.15, 0.2) is 41.3 Å². The second kappa shape index (κ2) is 10.5. The highest BCUT2D eigenvalue weighted by Crippen LogP contribution is 2.36. The number of nitrogens with one attached hydrogen (secondary N) is 1. The fourth-order valence-corrected chi connectivity index (χ4v) is 4.89. The molecule has 2 atom stereocenters. The lowest BCUT2D eigenvalue weighted by atomic mass is 9.80. The number of amides is 1.